The molecule has 0 aromatic heterocycles. The number of hydrogen-bond acceptors (Lipinski definition) is 16. The van der Waals surface area contributed by atoms with Crippen molar-refractivity contribution < 1.29 is 78.8 Å². The highest BCUT2D eigenvalue weighted by Gasteiger charge is 2.70. The van der Waals surface area contributed by atoms with Crippen LogP contribution in [-0.2, 0) is 38.0 Å². The van der Waals surface area contributed by atoms with Gasteiger partial charge in [0.15, 0.2) is 18.9 Å². The van der Waals surface area contributed by atoms with Crippen molar-refractivity contribution >= 4 is 5.97 Å². The second kappa shape index (κ2) is 17.8. The summed E-state index contributed by atoms with van der Waals surface area (Å²) in [5.74, 6) is 0.774. The van der Waals surface area contributed by atoms with Crippen LogP contribution in [0.3, 0.4) is 0 Å². The first-order valence-corrected chi connectivity index (χ1v) is 24.5. The average molecular weight is 925 g/mol. The van der Waals surface area contributed by atoms with Gasteiger partial charge in [0.2, 0.25) is 0 Å². The van der Waals surface area contributed by atoms with E-state index in [4.69, 9.17) is 33.2 Å². The molecule has 0 bridgehead atoms. The van der Waals surface area contributed by atoms with Crippen molar-refractivity contribution in [1.29, 1.82) is 0 Å². The van der Waals surface area contributed by atoms with Crippen LogP contribution < -0.4 is 0 Å². The Morgan fingerprint density at radius 2 is 1.38 bits per heavy atom. The van der Waals surface area contributed by atoms with E-state index >= 15 is 0 Å². The van der Waals surface area contributed by atoms with E-state index in [1.807, 2.05) is 6.92 Å². The molecule has 0 unspecified atom stereocenters. The lowest BCUT2D eigenvalue weighted by Crippen LogP contribution is -2.66. The topological polar surface area (TPSA) is 244 Å². The lowest BCUT2D eigenvalue weighted by Gasteiger charge is -2.71. The van der Waals surface area contributed by atoms with Crippen molar-refractivity contribution in [1.82, 2.24) is 0 Å². The van der Waals surface area contributed by atoms with Gasteiger partial charge in [-0.05, 0) is 123 Å². The van der Waals surface area contributed by atoms with Crippen LogP contribution in [0.4, 0.5) is 0 Å². The van der Waals surface area contributed by atoms with Crippen LogP contribution in [0.25, 0.3) is 0 Å². The molecule has 7 fully saturated rings. The van der Waals surface area contributed by atoms with Gasteiger partial charge >= 0.3 is 5.97 Å². The molecule has 0 radical (unpaired) electrons. The summed E-state index contributed by atoms with van der Waals surface area (Å²) < 4.78 is 42.7. The predicted molar refractivity (Wildman–Crippen MR) is 232 cm³/mol. The Morgan fingerprint density at radius 1 is 0.723 bits per heavy atom. The Hall–Kier alpha value is -1.35. The van der Waals surface area contributed by atoms with Crippen LogP contribution in [0.1, 0.15) is 127 Å². The highest BCUT2D eigenvalue weighted by atomic mass is 16.8. The van der Waals surface area contributed by atoms with Gasteiger partial charge in [-0.3, -0.25) is 4.79 Å². The van der Waals surface area contributed by atoms with Crippen molar-refractivity contribution in [3.8, 4) is 0 Å². The lowest BCUT2D eigenvalue weighted by atomic mass is 9.33. The van der Waals surface area contributed by atoms with Crippen LogP contribution in [0, 0.1) is 50.2 Å². The molecule has 16 nitrogen and oxygen atoms in total. The Bertz CT molecular complexity index is 1760. The zero-order valence-corrected chi connectivity index (χ0v) is 40.0. The van der Waals surface area contributed by atoms with Gasteiger partial charge in [0.05, 0.1) is 37.4 Å². The zero-order valence-electron chi connectivity index (χ0n) is 40.0. The number of rotatable bonds is 9. The molecule has 4 saturated carbocycles. The van der Waals surface area contributed by atoms with E-state index in [0.29, 0.717) is 18.9 Å². The Morgan fingerprint density at radius 3 is 2.06 bits per heavy atom. The first-order valence-electron chi connectivity index (χ1n) is 24.5. The highest BCUT2D eigenvalue weighted by molar-refractivity contribution is 5.78. The fourth-order valence-electron chi connectivity index (χ4n) is 15.0. The maximum Gasteiger partial charge on any atom is 0.312 e. The van der Waals surface area contributed by atoms with Gasteiger partial charge in [0, 0.05) is 0 Å². The number of carbonyl (C=O) groups is 1. The third-order valence-corrected chi connectivity index (χ3v) is 19.2. The van der Waals surface area contributed by atoms with Crippen molar-refractivity contribution in [2.45, 2.75) is 219 Å². The molecule has 8 rings (SSSR count). The third-order valence-electron chi connectivity index (χ3n) is 19.2. The van der Waals surface area contributed by atoms with E-state index in [0.717, 1.165) is 57.8 Å². The third kappa shape index (κ3) is 8.01. The molecule has 65 heavy (non-hydrogen) atoms. The molecular formula is C49H80O16. The fraction of sp³-hybridized carbons (Fsp3) is 0.939. The zero-order chi connectivity index (χ0) is 47.4. The van der Waals surface area contributed by atoms with E-state index < -0.39 is 103 Å². The number of aliphatic hydroxyl groups excluding tert-OH is 8. The van der Waals surface area contributed by atoms with Crippen LogP contribution in [0.2, 0.25) is 0 Å². The van der Waals surface area contributed by atoms with Crippen LogP contribution in [0.5, 0.6) is 0 Å². The van der Waals surface area contributed by atoms with E-state index in [1.54, 1.807) is 0 Å². The van der Waals surface area contributed by atoms with Crippen molar-refractivity contribution in [2.75, 3.05) is 19.8 Å². The molecule has 8 N–H and O–H groups in total. The molecule has 372 valence electrons. The van der Waals surface area contributed by atoms with Gasteiger partial charge in [0.1, 0.15) is 61.0 Å². The molecule has 3 saturated heterocycles. The summed E-state index contributed by atoms with van der Waals surface area (Å²) in [6, 6.07) is 0. The largest absolute Gasteiger partial charge is 0.466 e. The van der Waals surface area contributed by atoms with Gasteiger partial charge in [-0.25, -0.2) is 0 Å². The molecule has 22 atom stereocenters. The smallest absolute Gasteiger partial charge is 0.312 e. The summed E-state index contributed by atoms with van der Waals surface area (Å²) in [5.41, 5.74) is 0.623. The summed E-state index contributed by atoms with van der Waals surface area (Å²) >= 11 is 0. The average Bonchev–Trinajstić information content (AvgIpc) is 3.25. The van der Waals surface area contributed by atoms with E-state index in [1.165, 1.54) is 12.5 Å². The quantitative estimate of drug-likeness (QED) is 0.0942. The van der Waals surface area contributed by atoms with E-state index in [-0.39, 0.29) is 52.2 Å². The molecule has 0 spiro atoms. The van der Waals surface area contributed by atoms with Crippen molar-refractivity contribution in [3.05, 3.63) is 11.6 Å². The number of aliphatic hydroxyl groups is 8. The minimum atomic E-state index is -1.74. The Kier molecular flexibility index (Phi) is 13.7. The summed E-state index contributed by atoms with van der Waals surface area (Å²) in [5, 5.41) is 85.4. The van der Waals surface area contributed by atoms with Gasteiger partial charge in [-0.15, -0.1) is 0 Å². The molecule has 3 aliphatic heterocycles. The highest BCUT2D eigenvalue weighted by Crippen LogP contribution is 2.76. The summed E-state index contributed by atoms with van der Waals surface area (Å²) in [7, 11) is 0. The maximum atomic E-state index is 14.0. The minimum absolute atomic E-state index is 0.00385. The number of hydrogen-bond donors (Lipinski definition) is 8. The van der Waals surface area contributed by atoms with Gasteiger partial charge in [-0.1, -0.05) is 60.1 Å². The van der Waals surface area contributed by atoms with Crippen LogP contribution in [0.15, 0.2) is 11.6 Å². The second-order valence-electron chi connectivity index (χ2n) is 23.4. The second-order valence-corrected chi connectivity index (χ2v) is 23.4. The number of carbonyl (C=O) groups excluding carboxylic acids is 1. The predicted octanol–water partition coefficient (Wildman–Crippen LogP) is 2.85. The number of allylic oxidation sites excluding steroid dienone is 2. The summed E-state index contributed by atoms with van der Waals surface area (Å²) in [4.78, 5) is 14.0. The number of esters is 1. The first kappa shape index (κ1) is 50.1. The first-order chi connectivity index (χ1) is 30.4. The van der Waals surface area contributed by atoms with Crippen LogP contribution in [-0.4, -0.2) is 159 Å². The van der Waals surface area contributed by atoms with Gasteiger partial charge in [-0.2, -0.15) is 0 Å². The maximum absolute atomic E-state index is 14.0. The summed E-state index contributed by atoms with van der Waals surface area (Å²) in [6.45, 7) is 19.6. The number of ether oxygens (including phenoxy) is 7. The molecule has 0 amide bonds. The number of fused-ring (bicyclic) bond motifs is 7. The molecule has 5 aliphatic carbocycles. The molecule has 3 heterocycles. The van der Waals surface area contributed by atoms with Crippen LogP contribution >= 0.6 is 0 Å². The van der Waals surface area contributed by atoms with E-state index in [9.17, 15) is 45.6 Å². The lowest BCUT2D eigenvalue weighted by molar-refractivity contribution is -0.380. The van der Waals surface area contributed by atoms with Crippen molar-refractivity contribution in [2.24, 2.45) is 50.2 Å². The molecule has 16 heteroatoms. The Balaban J connectivity index is 1.04. The molecule has 0 aromatic rings. The molecule has 0 aromatic carbocycles. The Labute approximate surface area is 384 Å². The van der Waals surface area contributed by atoms with E-state index in [2.05, 4.69) is 54.5 Å². The van der Waals surface area contributed by atoms with Gasteiger partial charge in [0.25, 0.3) is 0 Å². The van der Waals surface area contributed by atoms with Crippen molar-refractivity contribution in [3.63, 3.8) is 0 Å². The molecular weight excluding hydrogens is 845 g/mol. The monoisotopic (exact) mass is 925 g/mol. The fourth-order valence-corrected chi connectivity index (χ4v) is 15.0. The standard InChI is InChI=1S/C49H80O16/c1-10-59-43(58)49-19-17-44(3,4)21-26(49)25-11-12-30-46(7)15-14-31(45(5,6)29(46)13-16-48(30,9)47(25,8)18-20-49)64-42-39(65-40-37(56)35(54)32(51)24(2)61-40)34(53)28(23-60-42)63-41-38(57)36(55)33(52)27(22-50)62-41/h11,24,26-42,50-57H,10,12-23H2,1-9H3/t24-,26-,27+,28-,29-,30+,31-,32-,33+,34-,35+,36-,37+,38+,39+,40-,41-,42-,46-,47+,48+,49-/m0/s1. The minimum Gasteiger partial charge on any atom is -0.466 e. The SMILES string of the molecule is CCOC(=O)[C@]12CCC(C)(C)C[C@H]1C1=CC[C@@H]3[C@@]4(C)CC[C@H](O[C@@H]5OC[C@H](O[C@@H]6O[C@H](CO)[C@@H](O)[C@H](O)[C@H]6O)[C@H](O)[C@H]5O[C@@H]5O[C@@H](C)[C@H](O)[C@@H](O)[C@H]5O)C(C)(C)[C@@H]4CC[C@@]3(C)[C@]1(C)CC2. The molecule has 8 aliphatic rings. The summed E-state index contributed by atoms with van der Waals surface area (Å²) in [6.07, 6.45) is -9.19. The normalized spacial score (nSPS) is 52.8. The van der Waals surface area contributed by atoms with Gasteiger partial charge < -0.3 is 74.0 Å².